The Hall–Kier alpha value is -0.470. The molecule has 0 aliphatic heterocycles. The van der Waals surface area contributed by atoms with Crippen molar-refractivity contribution in [3.05, 3.63) is 29.8 Å². The van der Waals surface area contributed by atoms with Crippen LogP contribution in [0.25, 0.3) is 0 Å². The molecule has 0 unspecified atom stereocenters. The highest BCUT2D eigenvalue weighted by molar-refractivity contribution is 7.80. The van der Waals surface area contributed by atoms with Crippen molar-refractivity contribution in [2.24, 2.45) is 0 Å². The smallest absolute Gasteiger partial charge is 0.00427 e. The predicted molar refractivity (Wildman–Crippen MR) is 51.3 cm³/mol. The van der Waals surface area contributed by atoms with Crippen molar-refractivity contribution in [2.75, 3.05) is 13.6 Å². The average molecular weight is 167 g/mol. The fraction of sp³-hybridized carbons (Fsp3) is 0.333. The molecule has 0 bridgehead atoms. The molecular weight excluding hydrogens is 154 g/mol. The van der Waals surface area contributed by atoms with Gasteiger partial charge in [0.2, 0.25) is 0 Å². The van der Waals surface area contributed by atoms with Crippen LogP contribution in [0.15, 0.2) is 29.2 Å². The summed E-state index contributed by atoms with van der Waals surface area (Å²) in [6, 6.07) is 8.25. The number of thiol groups is 1. The molecule has 1 N–H and O–H groups in total. The van der Waals surface area contributed by atoms with Gasteiger partial charge in [0.1, 0.15) is 0 Å². The minimum atomic E-state index is 1.03. The van der Waals surface area contributed by atoms with Gasteiger partial charge in [-0.05, 0) is 37.7 Å². The van der Waals surface area contributed by atoms with Crippen LogP contribution in [0, 0.1) is 0 Å². The molecule has 60 valence electrons. The Balaban J connectivity index is 2.56. The third-order valence-corrected chi connectivity index (χ3v) is 1.85. The number of rotatable bonds is 3. The van der Waals surface area contributed by atoms with Crippen molar-refractivity contribution in [1.82, 2.24) is 5.32 Å². The van der Waals surface area contributed by atoms with Crippen molar-refractivity contribution in [3.63, 3.8) is 0 Å². The van der Waals surface area contributed by atoms with Gasteiger partial charge in [0.05, 0.1) is 0 Å². The van der Waals surface area contributed by atoms with Crippen molar-refractivity contribution >= 4 is 12.6 Å². The van der Waals surface area contributed by atoms with Crippen molar-refractivity contribution in [2.45, 2.75) is 11.3 Å². The number of nitrogens with one attached hydrogen (secondary N) is 1. The fourth-order valence-electron chi connectivity index (χ4n) is 0.981. The molecule has 1 nitrogen and oxygen atoms in total. The standard InChI is InChI=1S/C9H13NS/c1-10-6-5-8-3-2-4-9(11)7-8/h2-4,7,10-11H,5-6H2,1H3. The van der Waals surface area contributed by atoms with Crippen LogP contribution in [0.2, 0.25) is 0 Å². The lowest BCUT2D eigenvalue weighted by molar-refractivity contribution is 0.790. The van der Waals surface area contributed by atoms with Crippen molar-refractivity contribution in [3.8, 4) is 0 Å². The first-order chi connectivity index (χ1) is 5.33. The van der Waals surface area contributed by atoms with Crippen LogP contribution in [-0.4, -0.2) is 13.6 Å². The molecule has 0 saturated heterocycles. The second-order valence-corrected chi connectivity index (χ2v) is 3.04. The normalized spacial score (nSPS) is 10.0. The minimum Gasteiger partial charge on any atom is -0.319 e. The Bertz CT molecular complexity index is 223. The molecule has 0 saturated carbocycles. The second kappa shape index (κ2) is 4.42. The lowest BCUT2D eigenvalue weighted by Gasteiger charge is -2.00. The van der Waals surface area contributed by atoms with Crippen LogP contribution in [0.5, 0.6) is 0 Å². The molecule has 0 atom stereocenters. The van der Waals surface area contributed by atoms with E-state index in [-0.39, 0.29) is 0 Å². The summed E-state index contributed by atoms with van der Waals surface area (Å²) < 4.78 is 0. The van der Waals surface area contributed by atoms with E-state index >= 15 is 0 Å². The quantitative estimate of drug-likeness (QED) is 0.653. The molecule has 1 aromatic rings. The SMILES string of the molecule is CNCCc1cccc(S)c1. The third-order valence-electron chi connectivity index (χ3n) is 1.57. The van der Waals surface area contributed by atoms with Crippen molar-refractivity contribution in [1.29, 1.82) is 0 Å². The van der Waals surface area contributed by atoms with E-state index in [1.54, 1.807) is 0 Å². The summed E-state index contributed by atoms with van der Waals surface area (Å²) in [5, 5.41) is 3.11. The first-order valence-corrected chi connectivity index (χ1v) is 4.20. The van der Waals surface area contributed by atoms with Crippen LogP contribution < -0.4 is 5.32 Å². The van der Waals surface area contributed by atoms with Gasteiger partial charge in [-0.15, -0.1) is 12.6 Å². The molecule has 2 heteroatoms. The Morgan fingerprint density at radius 3 is 2.91 bits per heavy atom. The average Bonchev–Trinajstić information content (AvgIpc) is 2.01. The lowest BCUT2D eigenvalue weighted by atomic mass is 10.1. The van der Waals surface area contributed by atoms with E-state index in [0.29, 0.717) is 0 Å². The summed E-state index contributed by atoms with van der Waals surface area (Å²) in [5.74, 6) is 0. The molecule has 1 rings (SSSR count). The van der Waals surface area contributed by atoms with Gasteiger partial charge in [-0.25, -0.2) is 0 Å². The van der Waals surface area contributed by atoms with Crippen LogP contribution in [-0.2, 0) is 6.42 Å². The Labute approximate surface area is 73.2 Å². The maximum Gasteiger partial charge on any atom is 0.00427 e. The zero-order valence-corrected chi connectivity index (χ0v) is 7.57. The predicted octanol–water partition coefficient (Wildman–Crippen LogP) is 1.74. The molecule has 0 aliphatic rings. The van der Waals surface area contributed by atoms with Gasteiger partial charge >= 0.3 is 0 Å². The van der Waals surface area contributed by atoms with E-state index in [9.17, 15) is 0 Å². The molecule has 0 aromatic heterocycles. The molecular formula is C9H13NS. The minimum absolute atomic E-state index is 1.03. The van der Waals surface area contributed by atoms with Crippen LogP contribution in [0.3, 0.4) is 0 Å². The summed E-state index contributed by atoms with van der Waals surface area (Å²) >= 11 is 4.26. The topological polar surface area (TPSA) is 12.0 Å². The number of likely N-dealkylation sites (N-methyl/N-ethyl adjacent to an activating group) is 1. The van der Waals surface area contributed by atoms with Crippen LogP contribution in [0.1, 0.15) is 5.56 Å². The van der Waals surface area contributed by atoms with Gasteiger partial charge in [0.25, 0.3) is 0 Å². The van der Waals surface area contributed by atoms with E-state index in [4.69, 9.17) is 0 Å². The summed E-state index contributed by atoms with van der Waals surface area (Å²) in [7, 11) is 1.96. The van der Waals surface area contributed by atoms with Crippen LogP contribution in [0.4, 0.5) is 0 Å². The summed E-state index contributed by atoms with van der Waals surface area (Å²) in [4.78, 5) is 1.04. The molecule has 1 aromatic carbocycles. The fourth-order valence-corrected chi connectivity index (χ4v) is 1.23. The van der Waals surface area contributed by atoms with Crippen molar-refractivity contribution < 1.29 is 0 Å². The first kappa shape index (κ1) is 8.62. The number of hydrogen-bond donors (Lipinski definition) is 2. The summed E-state index contributed by atoms with van der Waals surface area (Å²) in [5.41, 5.74) is 1.34. The lowest BCUT2D eigenvalue weighted by Crippen LogP contribution is -2.10. The molecule has 0 spiro atoms. The highest BCUT2D eigenvalue weighted by atomic mass is 32.1. The number of hydrogen-bond acceptors (Lipinski definition) is 2. The highest BCUT2D eigenvalue weighted by Gasteiger charge is 1.90. The molecule has 0 radical (unpaired) electrons. The van der Waals surface area contributed by atoms with E-state index < -0.39 is 0 Å². The monoisotopic (exact) mass is 167 g/mol. The van der Waals surface area contributed by atoms with Gasteiger partial charge in [0.15, 0.2) is 0 Å². The van der Waals surface area contributed by atoms with Gasteiger partial charge in [-0.1, -0.05) is 12.1 Å². The Morgan fingerprint density at radius 1 is 1.45 bits per heavy atom. The van der Waals surface area contributed by atoms with Gasteiger partial charge in [-0.2, -0.15) is 0 Å². The zero-order chi connectivity index (χ0) is 8.10. The van der Waals surface area contributed by atoms with E-state index in [0.717, 1.165) is 17.9 Å². The van der Waals surface area contributed by atoms with Gasteiger partial charge < -0.3 is 5.32 Å². The van der Waals surface area contributed by atoms with E-state index in [1.165, 1.54) is 5.56 Å². The molecule has 0 amide bonds. The second-order valence-electron chi connectivity index (χ2n) is 2.52. The summed E-state index contributed by atoms with van der Waals surface area (Å²) in [6.45, 7) is 1.03. The Morgan fingerprint density at radius 2 is 2.27 bits per heavy atom. The molecule has 0 fully saturated rings. The maximum atomic E-state index is 4.26. The third kappa shape index (κ3) is 2.95. The van der Waals surface area contributed by atoms with E-state index in [2.05, 4.69) is 30.1 Å². The number of benzene rings is 1. The van der Waals surface area contributed by atoms with E-state index in [1.807, 2.05) is 19.2 Å². The first-order valence-electron chi connectivity index (χ1n) is 3.75. The zero-order valence-electron chi connectivity index (χ0n) is 6.67. The van der Waals surface area contributed by atoms with Gasteiger partial charge in [-0.3, -0.25) is 0 Å². The largest absolute Gasteiger partial charge is 0.319 e. The molecule has 0 aliphatic carbocycles. The summed E-state index contributed by atoms with van der Waals surface area (Å²) in [6.07, 6.45) is 1.07. The maximum absolute atomic E-state index is 4.26. The molecule has 11 heavy (non-hydrogen) atoms. The Kier molecular flexibility index (Phi) is 3.46. The van der Waals surface area contributed by atoms with Gasteiger partial charge in [0, 0.05) is 4.90 Å². The highest BCUT2D eigenvalue weighted by Crippen LogP contribution is 2.08. The molecule has 0 heterocycles. The van der Waals surface area contributed by atoms with Crippen LogP contribution >= 0.6 is 12.6 Å².